The van der Waals surface area contributed by atoms with Gasteiger partial charge in [-0.3, -0.25) is 10.1 Å². The Labute approximate surface area is 191 Å². The molecule has 0 aliphatic carbocycles. The minimum atomic E-state index is -3.59. The maximum Gasteiger partial charge on any atom is 0.322 e. The smallest absolute Gasteiger partial charge is 0.322 e. The number of benzene rings is 1. The summed E-state index contributed by atoms with van der Waals surface area (Å²) >= 11 is 0.998. The predicted octanol–water partition coefficient (Wildman–Crippen LogP) is 3.80. The van der Waals surface area contributed by atoms with Crippen molar-refractivity contribution < 1.29 is 22.4 Å². The number of carbonyl (C=O) groups excluding carboxylic acids is 2. The highest BCUT2D eigenvalue weighted by atomic mass is 32.2. The summed E-state index contributed by atoms with van der Waals surface area (Å²) in [5.41, 5.74) is 0.372. The maximum absolute atomic E-state index is 13.3. The molecule has 0 spiro atoms. The summed E-state index contributed by atoms with van der Waals surface area (Å²) in [6.45, 7) is 4.99. The maximum atomic E-state index is 13.3. The summed E-state index contributed by atoms with van der Waals surface area (Å²) in [6, 6.07) is 8.33. The molecule has 1 fully saturated rings. The van der Waals surface area contributed by atoms with E-state index in [0.717, 1.165) is 11.3 Å². The first kappa shape index (κ1) is 24.1. The van der Waals surface area contributed by atoms with Gasteiger partial charge in [-0.15, -0.1) is 11.3 Å². The zero-order valence-electron chi connectivity index (χ0n) is 18.0. The van der Waals surface area contributed by atoms with Crippen LogP contribution in [0.5, 0.6) is 0 Å². The third kappa shape index (κ3) is 5.64. The Kier molecular flexibility index (Phi) is 7.86. The quantitative estimate of drug-likeness (QED) is 0.627. The Bertz CT molecular complexity index is 1070. The van der Waals surface area contributed by atoms with E-state index in [1.165, 1.54) is 33.5 Å². The Hall–Kier alpha value is -2.50. The second kappa shape index (κ2) is 10.4. The van der Waals surface area contributed by atoms with E-state index in [1.807, 2.05) is 0 Å². The summed E-state index contributed by atoms with van der Waals surface area (Å²) in [4.78, 5) is 26.8. The van der Waals surface area contributed by atoms with Gasteiger partial charge >= 0.3 is 6.03 Å². The standard InChI is InChI=1S/C21H27FN4O4S2/c1-3-26(4-2)32(29,30)19-11-10-18(31-19)24-21(28)25-12-6-7-15(14-25)20(27)23-17-9-5-8-16(22)13-17/h5,8-11,13,15H,3-4,6-7,12,14H2,1-2H3,(H,23,27)(H,24,28)/t15-/m0/s1. The van der Waals surface area contributed by atoms with E-state index in [9.17, 15) is 22.4 Å². The van der Waals surface area contributed by atoms with Crippen LogP contribution in [-0.2, 0) is 14.8 Å². The summed E-state index contributed by atoms with van der Waals surface area (Å²) < 4.78 is 40.1. The fourth-order valence-electron chi connectivity index (χ4n) is 3.59. The number of amides is 3. The Morgan fingerprint density at radius 2 is 1.94 bits per heavy atom. The van der Waals surface area contributed by atoms with E-state index in [4.69, 9.17) is 0 Å². The molecule has 3 rings (SSSR count). The number of sulfonamides is 1. The first-order chi connectivity index (χ1) is 15.2. The average molecular weight is 483 g/mol. The molecule has 1 aromatic heterocycles. The summed E-state index contributed by atoms with van der Waals surface area (Å²) in [7, 11) is -3.59. The molecule has 11 heteroatoms. The second-order valence-electron chi connectivity index (χ2n) is 7.42. The molecule has 3 amide bonds. The molecule has 0 bridgehead atoms. The van der Waals surface area contributed by atoms with Gasteiger partial charge in [0.2, 0.25) is 5.91 Å². The number of nitrogens with one attached hydrogen (secondary N) is 2. The molecule has 8 nitrogen and oxygen atoms in total. The molecule has 0 radical (unpaired) electrons. The molecule has 2 N–H and O–H groups in total. The van der Waals surface area contributed by atoms with Crippen LogP contribution >= 0.6 is 11.3 Å². The van der Waals surface area contributed by atoms with Crippen molar-refractivity contribution in [2.45, 2.75) is 30.9 Å². The lowest BCUT2D eigenvalue weighted by molar-refractivity contribution is -0.121. The summed E-state index contributed by atoms with van der Waals surface area (Å²) in [5.74, 6) is -1.12. The monoisotopic (exact) mass is 482 g/mol. The highest BCUT2D eigenvalue weighted by molar-refractivity contribution is 7.91. The molecular formula is C21H27FN4O4S2. The summed E-state index contributed by atoms with van der Waals surface area (Å²) in [6.07, 6.45) is 1.27. The van der Waals surface area contributed by atoms with Gasteiger partial charge in [0.15, 0.2) is 0 Å². The van der Waals surface area contributed by atoms with E-state index in [-0.39, 0.29) is 22.7 Å². The van der Waals surface area contributed by atoms with Crippen LogP contribution in [0.3, 0.4) is 0 Å². The van der Waals surface area contributed by atoms with Crippen molar-refractivity contribution in [1.82, 2.24) is 9.21 Å². The molecular weight excluding hydrogens is 455 g/mol. The number of rotatable bonds is 7. The van der Waals surface area contributed by atoms with Gasteiger partial charge in [0.25, 0.3) is 10.0 Å². The number of carbonyl (C=O) groups is 2. The van der Waals surface area contributed by atoms with E-state index in [2.05, 4.69) is 10.6 Å². The number of anilines is 2. The lowest BCUT2D eigenvalue weighted by Crippen LogP contribution is -2.45. The van der Waals surface area contributed by atoms with Crippen molar-refractivity contribution in [1.29, 1.82) is 0 Å². The summed E-state index contributed by atoms with van der Waals surface area (Å²) in [5, 5.41) is 5.86. The van der Waals surface area contributed by atoms with Gasteiger partial charge in [-0.2, -0.15) is 4.31 Å². The van der Waals surface area contributed by atoms with Gasteiger partial charge in [0.05, 0.1) is 10.9 Å². The number of piperidine rings is 1. The second-order valence-corrected chi connectivity index (χ2v) is 10.7. The third-order valence-corrected chi connectivity index (χ3v) is 8.80. The van der Waals surface area contributed by atoms with Crippen LogP contribution in [0, 0.1) is 11.7 Å². The van der Waals surface area contributed by atoms with Crippen molar-refractivity contribution in [2.24, 2.45) is 5.92 Å². The number of urea groups is 1. The van der Waals surface area contributed by atoms with Gasteiger partial charge in [0, 0.05) is 31.9 Å². The number of hydrogen-bond acceptors (Lipinski definition) is 5. The van der Waals surface area contributed by atoms with Crippen molar-refractivity contribution in [3.05, 3.63) is 42.2 Å². The van der Waals surface area contributed by atoms with E-state index >= 15 is 0 Å². The lowest BCUT2D eigenvalue weighted by Gasteiger charge is -2.31. The highest BCUT2D eigenvalue weighted by Crippen LogP contribution is 2.29. The molecule has 0 saturated carbocycles. The van der Waals surface area contributed by atoms with Gasteiger partial charge < -0.3 is 10.2 Å². The number of halogens is 1. The minimum absolute atomic E-state index is 0.169. The van der Waals surface area contributed by atoms with Crippen molar-refractivity contribution in [3.63, 3.8) is 0 Å². The normalized spacial score (nSPS) is 16.8. The Morgan fingerprint density at radius 1 is 1.19 bits per heavy atom. The average Bonchev–Trinajstić information content (AvgIpc) is 3.24. The predicted molar refractivity (Wildman–Crippen MR) is 123 cm³/mol. The van der Waals surface area contributed by atoms with Crippen molar-refractivity contribution in [2.75, 3.05) is 36.8 Å². The first-order valence-electron chi connectivity index (χ1n) is 10.5. The van der Waals surface area contributed by atoms with Crippen LogP contribution in [-0.4, -0.2) is 55.7 Å². The Morgan fingerprint density at radius 3 is 2.62 bits per heavy atom. The zero-order valence-corrected chi connectivity index (χ0v) is 19.6. The number of thiophene rings is 1. The van der Waals surface area contributed by atoms with Crippen LogP contribution < -0.4 is 10.6 Å². The lowest BCUT2D eigenvalue weighted by atomic mass is 9.97. The van der Waals surface area contributed by atoms with Gasteiger partial charge in [-0.05, 0) is 43.2 Å². The first-order valence-corrected chi connectivity index (χ1v) is 12.7. The van der Waals surface area contributed by atoms with Crippen LogP contribution in [0.2, 0.25) is 0 Å². The number of likely N-dealkylation sites (tertiary alicyclic amines) is 1. The van der Waals surface area contributed by atoms with Crippen LogP contribution in [0.4, 0.5) is 19.9 Å². The molecule has 1 aromatic carbocycles. The minimum Gasteiger partial charge on any atom is -0.326 e. The number of hydrogen-bond donors (Lipinski definition) is 2. The molecule has 1 atom stereocenters. The van der Waals surface area contributed by atoms with Gasteiger partial charge in [-0.1, -0.05) is 19.9 Å². The van der Waals surface area contributed by atoms with Gasteiger partial charge in [-0.25, -0.2) is 17.6 Å². The fraction of sp³-hybridized carbons (Fsp3) is 0.429. The van der Waals surface area contributed by atoms with Crippen molar-refractivity contribution in [3.8, 4) is 0 Å². The fourth-order valence-corrected chi connectivity index (χ4v) is 6.40. The van der Waals surface area contributed by atoms with E-state index in [0.29, 0.717) is 43.2 Å². The number of nitrogens with zero attached hydrogens (tertiary/aromatic N) is 2. The third-order valence-electron chi connectivity index (χ3n) is 5.28. The topological polar surface area (TPSA) is 98.8 Å². The van der Waals surface area contributed by atoms with Crippen LogP contribution in [0.15, 0.2) is 40.6 Å². The van der Waals surface area contributed by atoms with E-state index < -0.39 is 21.8 Å². The zero-order chi connectivity index (χ0) is 23.3. The molecule has 1 saturated heterocycles. The molecule has 1 aliphatic heterocycles. The molecule has 32 heavy (non-hydrogen) atoms. The molecule has 0 unspecified atom stereocenters. The van der Waals surface area contributed by atoms with Crippen molar-refractivity contribution >= 4 is 44.0 Å². The largest absolute Gasteiger partial charge is 0.326 e. The van der Waals surface area contributed by atoms with Crippen LogP contribution in [0.1, 0.15) is 26.7 Å². The van der Waals surface area contributed by atoms with Gasteiger partial charge in [0.1, 0.15) is 10.0 Å². The molecule has 1 aliphatic rings. The molecule has 2 heterocycles. The molecule has 174 valence electrons. The Balaban J connectivity index is 1.61. The van der Waals surface area contributed by atoms with E-state index in [1.54, 1.807) is 26.0 Å². The van der Waals surface area contributed by atoms with Crippen LogP contribution in [0.25, 0.3) is 0 Å². The highest BCUT2D eigenvalue weighted by Gasteiger charge is 2.29. The molecule has 2 aromatic rings. The SMILES string of the molecule is CCN(CC)S(=O)(=O)c1ccc(NC(=O)N2CCC[C@H](C(=O)Nc3cccc(F)c3)C2)s1.